The molecule has 17 heavy (non-hydrogen) atoms. The highest BCUT2D eigenvalue weighted by atomic mass is 32.1. The predicted molar refractivity (Wildman–Crippen MR) is 66.8 cm³/mol. The Morgan fingerprint density at radius 3 is 2.88 bits per heavy atom. The summed E-state index contributed by atoms with van der Waals surface area (Å²) in [7, 11) is 1.90. The van der Waals surface area contributed by atoms with E-state index in [9.17, 15) is 4.39 Å². The molecule has 0 aromatic carbocycles. The monoisotopic (exact) mass is 249 g/mol. The van der Waals surface area contributed by atoms with E-state index in [2.05, 4.69) is 15.3 Å². The molecule has 5 heteroatoms. The molecule has 0 aliphatic heterocycles. The van der Waals surface area contributed by atoms with Gasteiger partial charge in [-0.25, -0.2) is 9.37 Å². The van der Waals surface area contributed by atoms with Crippen molar-refractivity contribution in [3.05, 3.63) is 30.0 Å². The summed E-state index contributed by atoms with van der Waals surface area (Å²) >= 11 is 1.56. The molecule has 3 nitrogen and oxygen atoms in total. The van der Waals surface area contributed by atoms with Crippen LogP contribution in [0.15, 0.2) is 18.5 Å². The van der Waals surface area contributed by atoms with Gasteiger partial charge in [-0.05, 0) is 18.9 Å². The van der Waals surface area contributed by atoms with E-state index in [1.165, 1.54) is 25.1 Å². The van der Waals surface area contributed by atoms with E-state index in [0.29, 0.717) is 5.92 Å². The number of hydrogen-bond donors (Lipinski definition) is 1. The van der Waals surface area contributed by atoms with Gasteiger partial charge in [-0.15, -0.1) is 0 Å². The second-order valence-electron chi connectivity index (χ2n) is 4.15. The van der Waals surface area contributed by atoms with E-state index in [0.717, 1.165) is 21.3 Å². The summed E-state index contributed by atoms with van der Waals surface area (Å²) in [5.41, 5.74) is 1.87. The van der Waals surface area contributed by atoms with Crippen molar-refractivity contribution in [3.63, 3.8) is 0 Å². The van der Waals surface area contributed by atoms with Crippen LogP contribution >= 0.6 is 11.3 Å². The smallest absolute Gasteiger partial charge is 0.142 e. The number of pyridine rings is 1. The molecule has 1 aliphatic carbocycles. The van der Waals surface area contributed by atoms with Gasteiger partial charge in [0.2, 0.25) is 0 Å². The maximum Gasteiger partial charge on any atom is 0.142 e. The minimum Gasteiger partial charge on any atom is -0.378 e. The van der Waals surface area contributed by atoms with Gasteiger partial charge in [-0.3, -0.25) is 4.98 Å². The van der Waals surface area contributed by atoms with Crippen molar-refractivity contribution in [1.29, 1.82) is 0 Å². The van der Waals surface area contributed by atoms with E-state index >= 15 is 0 Å². The third-order valence-electron chi connectivity index (χ3n) is 2.80. The lowest BCUT2D eigenvalue weighted by Crippen LogP contribution is -1.89. The molecule has 0 bridgehead atoms. The molecule has 1 fully saturated rings. The summed E-state index contributed by atoms with van der Waals surface area (Å²) in [6.07, 6.45) is 5.27. The minimum absolute atomic E-state index is 0.323. The normalized spacial score (nSPS) is 14.9. The van der Waals surface area contributed by atoms with Crippen LogP contribution in [0.3, 0.4) is 0 Å². The van der Waals surface area contributed by atoms with Crippen LogP contribution in [0.4, 0.5) is 9.39 Å². The van der Waals surface area contributed by atoms with Crippen molar-refractivity contribution in [1.82, 2.24) is 9.97 Å². The van der Waals surface area contributed by atoms with Gasteiger partial charge in [-0.1, -0.05) is 11.3 Å². The van der Waals surface area contributed by atoms with Gasteiger partial charge in [0.15, 0.2) is 0 Å². The van der Waals surface area contributed by atoms with Crippen LogP contribution in [0.25, 0.3) is 10.6 Å². The van der Waals surface area contributed by atoms with Gasteiger partial charge in [0.05, 0.1) is 11.9 Å². The van der Waals surface area contributed by atoms with Crippen LogP contribution < -0.4 is 5.32 Å². The molecule has 0 radical (unpaired) electrons. The molecule has 3 rings (SSSR count). The van der Waals surface area contributed by atoms with E-state index in [1.54, 1.807) is 17.5 Å². The predicted octanol–water partition coefficient (Wildman–Crippen LogP) is 3.26. The highest BCUT2D eigenvalue weighted by Crippen LogP contribution is 2.46. The lowest BCUT2D eigenvalue weighted by molar-refractivity contribution is 0.622. The van der Waals surface area contributed by atoms with Crippen molar-refractivity contribution >= 4 is 16.3 Å². The van der Waals surface area contributed by atoms with Crippen LogP contribution in [0.2, 0.25) is 0 Å². The Hall–Kier alpha value is -1.49. The standard InChI is InChI=1S/C12H12FN3S/c1-14-12-10(7-2-3-7)16-11(17-12)8-4-9(13)6-15-5-8/h4-7,14H,2-3H2,1H3. The molecule has 0 amide bonds. The number of aromatic nitrogens is 2. The van der Waals surface area contributed by atoms with Gasteiger partial charge >= 0.3 is 0 Å². The number of thiazole rings is 1. The summed E-state index contributed by atoms with van der Waals surface area (Å²) in [6, 6.07) is 1.47. The van der Waals surface area contributed by atoms with Crippen LogP contribution in [0.5, 0.6) is 0 Å². The van der Waals surface area contributed by atoms with Crippen LogP contribution in [-0.2, 0) is 0 Å². The first-order valence-corrected chi connectivity index (χ1v) is 6.39. The molecule has 0 saturated heterocycles. The Balaban J connectivity index is 2.03. The fourth-order valence-corrected chi connectivity index (χ4v) is 2.78. The number of halogens is 1. The minimum atomic E-state index is -0.323. The zero-order valence-electron chi connectivity index (χ0n) is 9.40. The van der Waals surface area contributed by atoms with E-state index in [-0.39, 0.29) is 5.82 Å². The van der Waals surface area contributed by atoms with Crippen molar-refractivity contribution in [2.24, 2.45) is 0 Å². The SMILES string of the molecule is CNc1sc(-c2cncc(F)c2)nc1C1CC1. The molecule has 2 aromatic rings. The van der Waals surface area contributed by atoms with Crippen molar-refractivity contribution in [2.45, 2.75) is 18.8 Å². The number of nitrogens with zero attached hydrogens (tertiary/aromatic N) is 2. The fourth-order valence-electron chi connectivity index (χ4n) is 1.80. The molecule has 2 aromatic heterocycles. The summed E-state index contributed by atoms with van der Waals surface area (Å²) in [6.45, 7) is 0. The molecule has 0 atom stereocenters. The number of nitrogens with one attached hydrogen (secondary N) is 1. The third kappa shape index (κ3) is 2.02. The average molecular weight is 249 g/mol. The number of anilines is 1. The topological polar surface area (TPSA) is 37.8 Å². The Bertz CT molecular complexity index is 548. The van der Waals surface area contributed by atoms with Gasteiger partial charge in [0.1, 0.15) is 15.8 Å². The molecular formula is C12H12FN3S. The van der Waals surface area contributed by atoms with E-state index in [1.807, 2.05) is 7.05 Å². The first-order chi connectivity index (χ1) is 8.28. The molecule has 88 valence electrons. The molecule has 1 aliphatic rings. The quantitative estimate of drug-likeness (QED) is 0.907. The molecule has 0 spiro atoms. The van der Waals surface area contributed by atoms with Gasteiger partial charge < -0.3 is 5.32 Å². The number of rotatable bonds is 3. The molecule has 1 saturated carbocycles. The first kappa shape index (κ1) is 10.7. The maximum absolute atomic E-state index is 13.1. The zero-order chi connectivity index (χ0) is 11.8. The van der Waals surface area contributed by atoms with E-state index < -0.39 is 0 Å². The van der Waals surface area contributed by atoms with Gasteiger partial charge in [0.25, 0.3) is 0 Å². The summed E-state index contributed by atoms with van der Waals surface area (Å²) in [5, 5.41) is 5.09. The summed E-state index contributed by atoms with van der Waals surface area (Å²) < 4.78 is 13.1. The maximum atomic E-state index is 13.1. The largest absolute Gasteiger partial charge is 0.378 e. The Kier molecular flexibility index (Phi) is 2.55. The third-order valence-corrected chi connectivity index (χ3v) is 3.93. The van der Waals surface area contributed by atoms with Crippen LogP contribution in [-0.4, -0.2) is 17.0 Å². The first-order valence-electron chi connectivity index (χ1n) is 5.57. The van der Waals surface area contributed by atoms with Crippen molar-refractivity contribution in [3.8, 4) is 10.6 Å². The Morgan fingerprint density at radius 2 is 2.24 bits per heavy atom. The van der Waals surface area contributed by atoms with Crippen LogP contribution in [0, 0.1) is 5.82 Å². The Morgan fingerprint density at radius 1 is 1.41 bits per heavy atom. The van der Waals surface area contributed by atoms with Crippen LogP contribution in [0.1, 0.15) is 24.5 Å². The molecular weight excluding hydrogens is 237 g/mol. The highest BCUT2D eigenvalue weighted by Gasteiger charge is 2.29. The number of hydrogen-bond acceptors (Lipinski definition) is 4. The average Bonchev–Trinajstić information content (AvgIpc) is 3.08. The van der Waals surface area contributed by atoms with Gasteiger partial charge in [-0.2, -0.15) is 0 Å². The molecule has 1 N–H and O–H groups in total. The second kappa shape index (κ2) is 4.07. The summed E-state index contributed by atoms with van der Waals surface area (Å²) in [5.74, 6) is 0.264. The second-order valence-corrected chi connectivity index (χ2v) is 5.15. The zero-order valence-corrected chi connectivity index (χ0v) is 10.2. The summed E-state index contributed by atoms with van der Waals surface area (Å²) in [4.78, 5) is 8.46. The van der Waals surface area contributed by atoms with Crippen molar-refractivity contribution < 1.29 is 4.39 Å². The lowest BCUT2D eigenvalue weighted by Gasteiger charge is -1.96. The Labute approximate surface area is 103 Å². The van der Waals surface area contributed by atoms with E-state index in [4.69, 9.17) is 0 Å². The highest BCUT2D eigenvalue weighted by molar-refractivity contribution is 7.19. The van der Waals surface area contributed by atoms with Crippen molar-refractivity contribution in [2.75, 3.05) is 12.4 Å². The molecule has 2 heterocycles. The molecule has 0 unspecified atom stereocenters. The lowest BCUT2D eigenvalue weighted by atomic mass is 10.3. The van der Waals surface area contributed by atoms with Gasteiger partial charge in [0, 0.05) is 24.7 Å². The fraction of sp³-hybridized carbons (Fsp3) is 0.333.